The summed E-state index contributed by atoms with van der Waals surface area (Å²) in [5.41, 5.74) is 32.3. The van der Waals surface area contributed by atoms with Gasteiger partial charge in [0, 0.05) is 39.4 Å². The van der Waals surface area contributed by atoms with Gasteiger partial charge < -0.3 is 9.80 Å². The van der Waals surface area contributed by atoms with Crippen LogP contribution in [0.2, 0.25) is 0 Å². The Morgan fingerprint density at radius 1 is 0.413 bits per heavy atom. The molecule has 0 radical (unpaired) electrons. The molecule has 0 amide bonds. The summed E-state index contributed by atoms with van der Waals surface area (Å²) in [6.07, 6.45) is 3.45. The second-order valence-corrected chi connectivity index (χ2v) is 27.7. The van der Waals surface area contributed by atoms with E-state index in [1.165, 1.54) is 140 Å². The van der Waals surface area contributed by atoms with Crippen LogP contribution in [0.5, 0.6) is 0 Å². The zero-order valence-electron chi connectivity index (χ0n) is 47.4. The molecule has 0 bridgehead atoms. The highest BCUT2D eigenvalue weighted by Crippen LogP contribution is 2.57. The Morgan fingerprint density at radius 2 is 0.987 bits per heavy atom. The van der Waals surface area contributed by atoms with Crippen LogP contribution in [-0.4, -0.2) is 6.71 Å². The molecular formula is C72H75BN2. The van der Waals surface area contributed by atoms with Gasteiger partial charge >= 0.3 is 0 Å². The molecule has 2 nitrogen and oxygen atoms in total. The molecule has 0 saturated heterocycles. The largest absolute Gasteiger partial charge is 0.311 e. The fourth-order valence-corrected chi connectivity index (χ4v) is 15.3. The molecule has 13 rings (SSSR count). The lowest BCUT2D eigenvalue weighted by Crippen LogP contribution is -2.61. The number of aryl methyl sites for hydroxylation is 2. The van der Waals surface area contributed by atoms with Gasteiger partial charge in [0.1, 0.15) is 0 Å². The average Bonchev–Trinajstić information content (AvgIpc) is 3.72. The summed E-state index contributed by atoms with van der Waals surface area (Å²) in [6, 6.07) is 57.8. The number of hydrogen-bond acceptors (Lipinski definition) is 2. The Morgan fingerprint density at radius 3 is 1.68 bits per heavy atom. The maximum atomic E-state index is 2.72. The molecule has 3 heteroatoms. The fraction of sp³-hybridized carbons (Fsp3) is 0.333. The second-order valence-electron chi connectivity index (χ2n) is 27.7. The highest BCUT2D eigenvalue weighted by Gasteiger charge is 2.49. The molecule has 8 aromatic carbocycles. The van der Waals surface area contributed by atoms with Crippen molar-refractivity contribution >= 4 is 57.2 Å². The number of rotatable bonds is 4. The first-order valence-corrected chi connectivity index (χ1v) is 28.0. The van der Waals surface area contributed by atoms with Gasteiger partial charge in [0.05, 0.1) is 5.69 Å². The lowest BCUT2D eigenvalue weighted by molar-refractivity contribution is 0.332. The first-order chi connectivity index (χ1) is 35.4. The first kappa shape index (κ1) is 48.1. The van der Waals surface area contributed by atoms with E-state index < -0.39 is 0 Å². The van der Waals surface area contributed by atoms with Crippen LogP contribution in [0.1, 0.15) is 159 Å². The SMILES string of the molecule is Cc1cc2c3c(c1)N(c1ccc(C(C)(C)C)cc1-c1ccccc1)c1cc4c(cc1B3c1ccc(-c3cccc5c3-c3ccccc3C5(C)C)cc1N2c1cc2c(cc1C)C(C)(C)CCC2(C)C)C(C)(C)CC4(C)C. The zero-order chi connectivity index (χ0) is 52.7. The third-order valence-corrected chi connectivity index (χ3v) is 19.2. The minimum Gasteiger partial charge on any atom is -0.311 e. The van der Waals surface area contributed by atoms with Gasteiger partial charge in [0.2, 0.25) is 0 Å². The van der Waals surface area contributed by atoms with Crippen LogP contribution in [0.15, 0.2) is 146 Å². The highest BCUT2D eigenvalue weighted by atomic mass is 15.2. The topological polar surface area (TPSA) is 6.48 Å². The summed E-state index contributed by atoms with van der Waals surface area (Å²) in [4.78, 5) is 5.42. The van der Waals surface area contributed by atoms with Crippen LogP contribution < -0.4 is 26.2 Å². The Hall–Kier alpha value is -6.58. The van der Waals surface area contributed by atoms with Gasteiger partial charge in [-0.25, -0.2) is 0 Å². The smallest absolute Gasteiger partial charge is 0.252 e. The standard InChI is InChI=1S/C72H75BN2/c1-43-34-63-66-64(35-43)75(60-40-55-53(36-44(60)2)68(6,7)32-33-69(55,8)9)61-37-46(48-25-21-27-52-65(48)49-24-19-20-26-51(49)72(52,14)15)28-30-57(61)73(66)58-39-54-56(71(12,13)42-70(54,10)11)41-62(58)74(63)59-31-29-47(67(3,4)5)38-50(59)45-22-17-16-18-23-45/h16-31,34-41H,32-33,42H2,1-15H3. The van der Waals surface area contributed by atoms with Crippen molar-refractivity contribution in [2.45, 2.75) is 156 Å². The van der Waals surface area contributed by atoms with E-state index in [9.17, 15) is 0 Å². The summed E-state index contributed by atoms with van der Waals surface area (Å²) in [7, 11) is 0. The summed E-state index contributed by atoms with van der Waals surface area (Å²) < 4.78 is 0. The number of benzene rings is 8. The Labute approximate surface area is 449 Å². The normalized spacial score (nSPS) is 18.4. The van der Waals surface area contributed by atoms with Gasteiger partial charge in [0.25, 0.3) is 6.71 Å². The monoisotopic (exact) mass is 979 g/mol. The van der Waals surface area contributed by atoms with E-state index in [2.05, 4.69) is 259 Å². The van der Waals surface area contributed by atoms with Crippen LogP contribution in [0.4, 0.5) is 34.1 Å². The molecule has 0 N–H and O–H groups in total. The van der Waals surface area contributed by atoms with Gasteiger partial charge in [-0.05, 0) is 197 Å². The molecule has 0 unspecified atom stereocenters. The molecule has 0 fully saturated rings. The predicted molar refractivity (Wildman–Crippen MR) is 323 cm³/mol. The second kappa shape index (κ2) is 15.8. The molecule has 2 heterocycles. The van der Waals surface area contributed by atoms with Crippen LogP contribution in [0.25, 0.3) is 33.4 Å². The van der Waals surface area contributed by atoms with Crippen molar-refractivity contribution in [3.8, 4) is 33.4 Å². The first-order valence-electron chi connectivity index (χ1n) is 28.0. The number of anilines is 6. The third-order valence-electron chi connectivity index (χ3n) is 19.2. The Balaban J connectivity index is 1.15. The van der Waals surface area contributed by atoms with E-state index in [4.69, 9.17) is 0 Å². The van der Waals surface area contributed by atoms with Crippen molar-refractivity contribution in [3.05, 3.63) is 196 Å². The summed E-state index contributed by atoms with van der Waals surface area (Å²) in [6.45, 7) is 36.3. The zero-order valence-corrected chi connectivity index (χ0v) is 47.4. The predicted octanol–water partition coefficient (Wildman–Crippen LogP) is 17.6. The van der Waals surface area contributed by atoms with Gasteiger partial charge in [-0.15, -0.1) is 0 Å². The van der Waals surface area contributed by atoms with Gasteiger partial charge in [-0.3, -0.25) is 0 Å². The fourth-order valence-electron chi connectivity index (χ4n) is 15.3. The minimum absolute atomic E-state index is 0.00422. The van der Waals surface area contributed by atoms with Gasteiger partial charge in [-0.1, -0.05) is 193 Å². The molecule has 0 spiro atoms. The molecular weight excluding hydrogens is 904 g/mol. The van der Waals surface area contributed by atoms with E-state index in [0.717, 1.165) is 12.8 Å². The van der Waals surface area contributed by atoms with E-state index in [1.807, 2.05) is 0 Å². The number of nitrogens with zero attached hydrogens (tertiary/aromatic N) is 2. The molecule has 75 heavy (non-hydrogen) atoms. The van der Waals surface area contributed by atoms with E-state index >= 15 is 0 Å². The van der Waals surface area contributed by atoms with Crippen molar-refractivity contribution in [2.75, 3.05) is 9.80 Å². The molecule has 3 aliphatic carbocycles. The molecule has 5 aliphatic rings. The molecule has 0 atom stereocenters. The van der Waals surface area contributed by atoms with Crippen LogP contribution in [0.3, 0.4) is 0 Å². The van der Waals surface area contributed by atoms with Crippen LogP contribution in [0, 0.1) is 13.8 Å². The van der Waals surface area contributed by atoms with Crippen LogP contribution >= 0.6 is 0 Å². The minimum atomic E-state index is -0.0937. The quantitative estimate of drug-likeness (QED) is 0.162. The molecule has 2 aliphatic heterocycles. The molecule has 8 aromatic rings. The summed E-state index contributed by atoms with van der Waals surface area (Å²) in [5.74, 6) is 0. The van der Waals surface area contributed by atoms with Crippen molar-refractivity contribution < 1.29 is 0 Å². The molecule has 376 valence electrons. The summed E-state index contributed by atoms with van der Waals surface area (Å²) >= 11 is 0. The van der Waals surface area contributed by atoms with Gasteiger partial charge in [0.15, 0.2) is 0 Å². The maximum absolute atomic E-state index is 2.72. The lowest BCUT2D eigenvalue weighted by atomic mass is 9.33. The molecule has 0 saturated carbocycles. The summed E-state index contributed by atoms with van der Waals surface area (Å²) in [5, 5.41) is 0. The van der Waals surface area contributed by atoms with E-state index in [0.29, 0.717) is 0 Å². The lowest BCUT2D eigenvalue weighted by Gasteiger charge is -2.47. The third kappa shape index (κ3) is 6.97. The van der Waals surface area contributed by atoms with Crippen LogP contribution in [-0.2, 0) is 32.5 Å². The van der Waals surface area contributed by atoms with Crippen molar-refractivity contribution in [1.82, 2.24) is 0 Å². The number of fused-ring (bicyclic) bond motifs is 9. The van der Waals surface area contributed by atoms with E-state index in [-0.39, 0.29) is 39.2 Å². The molecule has 0 aromatic heterocycles. The Kier molecular flexibility index (Phi) is 10.1. The highest BCUT2D eigenvalue weighted by molar-refractivity contribution is 7.00. The van der Waals surface area contributed by atoms with Crippen molar-refractivity contribution in [2.24, 2.45) is 0 Å². The van der Waals surface area contributed by atoms with Crippen molar-refractivity contribution in [3.63, 3.8) is 0 Å². The maximum Gasteiger partial charge on any atom is 0.252 e. The average molecular weight is 979 g/mol. The van der Waals surface area contributed by atoms with E-state index in [1.54, 1.807) is 0 Å². The number of hydrogen-bond donors (Lipinski definition) is 0. The van der Waals surface area contributed by atoms with Crippen molar-refractivity contribution in [1.29, 1.82) is 0 Å². The Bertz CT molecular complexity index is 3740. The van der Waals surface area contributed by atoms with Gasteiger partial charge in [-0.2, -0.15) is 0 Å².